The van der Waals surface area contributed by atoms with Crippen molar-refractivity contribution >= 4 is 9.84 Å². The minimum atomic E-state index is -3.04. The standard InChI is InChI=1S/C13H20N2O2S/c1-10-5-7-11(8-6-10)13(15-14)12-4-2-3-9-18(12,16)17/h5-8,12-13,15H,2-4,9,14H2,1H3. The number of hydrogen-bond donors (Lipinski definition) is 2. The third-order valence-electron chi connectivity index (χ3n) is 3.62. The lowest BCUT2D eigenvalue weighted by Crippen LogP contribution is -2.43. The first-order valence-electron chi connectivity index (χ1n) is 6.29. The molecule has 4 nitrogen and oxygen atoms in total. The zero-order valence-corrected chi connectivity index (χ0v) is 11.4. The molecular formula is C13H20N2O2S. The van der Waals surface area contributed by atoms with Crippen LogP contribution in [0.5, 0.6) is 0 Å². The van der Waals surface area contributed by atoms with E-state index in [2.05, 4.69) is 5.43 Å². The van der Waals surface area contributed by atoms with E-state index in [4.69, 9.17) is 5.84 Å². The first-order chi connectivity index (χ1) is 8.54. The average molecular weight is 268 g/mol. The van der Waals surface area contributed by atoms with Crippen LogP contribution in [0.4, 0.5) is 0 Å². The van der Waals surface area contributed by atoms with Crippen LogP contribution < -0.4 is 11.3 Å². The molecule has 1 aromatic rings. The normalized spacial score (nSPS) is 24.7. The predicted molar refractivity (Wildman–Crippen MR) is 72.7 cm³/mol. The summed E-state index contributed by atoms with van der Waals surface area (Å²) in [6.07, 6.45) is 2.41. The molecule has 0 amide bonds. The predicted octanol–water partition coefficient (Wildman–Crippen LogP) is 1.47. The molecule has 1 aliphatic rings. The van der Waals surface area contributed by atoms with Gasteiger partial charge in [0.15, 0.2) is 9.84 Å². The van der Waals surface area contributed by atoms with Crippen molar-refractivity contribution in [3.05, 3.63) is 35.4 Å². The molecule has 2 atom stereocenters. The van der Waals surface area contributed by atoms with Crippen molar-refractivity contribution in [2.45, 2.75) is 37.5 Å². The van der Waals surface area contributed by atoms with Gasteiger partial charge in [0.25, 0.3) is 0 Å². The summed E-state index contributed by atoms with van der Waals surface area (Å²) in [5.41, 5.74) is 4.78. The van der Waals surface area contributed by atoms with Crippen molar-refractivity contribution in [2.24, 2.45) is 5.84 Å². The smallest absolute Gasteiger partial charge is 0.155 e. The summed E-state index contributed by atoms with van der Waals surface area (Å²) in [4.78, 5) is 0. The van der Waals surface area contributed by atoms with Crippen molar-refractivity contribution in [3.63, 3.8) is 0 Å². The fourth-order valence-corrected chi connectivity index (χ4v) is 4.63. The molecular weight excluding hydrogens is 248 g/mol. The molecule has 1 heterocycles. The van der Waals surface area contributed by atoms with E-state index in [1.165, 1.54) is 0 Å². The summed E-state index contributed by atoms with van der Waals surface area (Å²) >= 11 is 0. The molecule has 1 saturated heterocycles. The second-order valence-electron chi connectivity index (χ2n) is 4.96. The van der Waals surface area contributed by atoms with Gasteiger partial charge in [-0.3, -0.25) is 11.3 Å². The summed E-state index contributed by atoms with van der Waals surface area (Å²) in [6.45, 7) is 2.01. The molecule has 0 aliphatic carbocycles. The van der Waals surface area contributed by atoms with Crippen molar-refractivity contribution in [1.82, 2.24) is 5.43 Å². The van der Waals surface area contributed by atoms with Crippen LogP contribution >= 0.6 is 0 Å². The molecule has 0 saturated carbocycles. The Morgan fingerprint density at radius 3 is 2.50 bits per heavy atom. The molecule has 1 aromatic carbocycles. The maximum absolute atomic E-state index is 12.1. The molecule has 1 fully saturated rings. The number of hydrazine groups is 1. The van der Waals surface area contributed by atoms with Gasteiger partial charge < -0.3 is 0 Å². The highest BCUT2D eigenvalue weighted by molar-refractivity contribution is 7.92. The van der Waals surface area contributed by atoms with Gasteiger partial charge in [-0.15, -0.1) is 0 Å². The first-order valence-corrected chi connectivity index (χ1v) is 8.00. The Labute approximate surface area is 108 Å². The van der Waals surface area contributed by atoms with Crippen molar-refractivity contribution < 1.29 is 8.42 Å². The van der Waals surface area contributed by atoms with Crippen LogP contribution in [0.1, 0.15) is 36.4 Å². The fraction of sp³-hybridized carbons (Fsp3) is 0.538. The van der Waals surface area contributed by atoms with E-state index in [0.717, 1.165) is 24.0 Å². The van der Waals surface area contributed by atoms with Gasteiger partial charge in [-0.05, 0) is 25.3 Å². The first kappa shape index (κ1) is 13.5. The Kier molecular flexibility index (Phi) is 4.04. The van der Waals surface area contributed by atoms with Crippen molar-refractivity contribution in [2.75, 3.05) is 5.75 Å². The van der Waals surface area contributed by atoms with E-state index in [1.807, 2.05) is 31.2 Å². The Morgan fingerprint density at radius 1 is 1.28 bits per heavy atom. The van der Waals surface area contributed by atoms with Gasteiger partial charge >= 0.3 is 0 Å². The van der Waals surface area contributed by atoms with Gasteiger partial charge in [0.2, 0.25) is 0 Å². The molecule has 18 heavy (non-hydrogen) atoms. The number of benzene rings is 1. The van der Waals surface area contributed by atoms with Crippen LogP contribution in [-0.4, -0.2) is 19.4 Å². The zero-order chi connectivity index (χ0) is 13.2. The lowest BCUT2D eigenvalue weighted by molar-refractivity contribution is 0.454. The van der Waals surface area contributed by atoms with Crippen LogP contribution in [0.25, 0.3) is 0 Å². The third-order valence-corrected chi connectivity index (χ3v) is 5.90. The highest BCUT2D eigenvalue weighted by Crippen LogP contribution is 2.30. The molecule has 2 unspecified atom stereocenters. The minimum Gasteiger partial charge on any atom is -0.271 e. The van der Waals surface area contributed by atoms with Crippen LogP contribution in [0.15, 0.2) is 24.3 Å². The van der Waals surface area contributed by atoms with E-state index in [9.17, 15) is 8.42 Å². The number of aryl methyl sites for hydroxylation is 1. The molecule has 1 aliphatic heterocycles. The van der Waals surface area contributed by atoms with E-state index >= 15 is 0 Å². The molecule has 0 spiro atoms. The molecule has 100 valence electrons. The van der Waals surface area contributed by atoms with E-state index < -0.39 is 15.1 Å². The van der Waals surface area contributed by atoms with Gasteiger partial charge in [-0.2, -0.15) is 0 Å². The lowest BCUT2D eigenvalue weighted by atomic mass is 9.99. The van der Waals surface area contributed by atoms with Crippen molar-refractivity contribution in [1.29, 1.82) is 0 Å². The topological polar surface area (TPSA) is 72.2 Å². The largest absolute Gasteiger partial charge is 0.271 e. The van der Waals surface area contributed by atoms with E-state index in [-0.39, 0.29) is 11.8 Å². The molecule has 0 radical (unpaired) electrons. The van der Waals surface area contributed by atoms with Crippen LogP contribution in [-0.2, 0) is 9.84 Å². The molecule has 3 N–H and O–H groups in total. The van der Waals surface area contributed by atoms with Crippen LogP contribution in [0.3, 0.4) is 0 Å². The Morgan fingerprint density at radius 2 is 1.94 bits per heavy atom. The fourth-order valence-electron chi connectivity index (χ4n) is 2.55. The number of rotatable bonds is 3. The Hall–Kier alpha value is -0.910. The maximum atomic E-state index is 12.1. The number of nitrogens with two attached hydrogens (primary N) is 1. The second kappa shape index (κ2) is 5.38. The molecule has 0 aromatic heterocycles. The minimum absolute atomic E-state index is 0.279. The summed E-state index contributed by atoms with van der Waals surface area (Å²) in [5, 5.41) is -0.404. The third kappa shape index (κ3) is 2.74. The summed E-state index contributed by atoms with van der Waals surface area (Å²) in [5.74, 6) is 5.86. The van der Waals surface area contributed by atoms with Crippen LogP contribution in [0, 0.1) is 6.92 Å². The average Bonchev–Trinajstić information content (AvgIpc) is 2.34. The number of nitrogens with one attached hydrogen (secondary N) is 1. The summed E-state index contributed by atoms with van der Waals surface area (Å²) < 4.78 is 24.3. The highest BCUT2D eigenvalue weighted by atomic mass is 32.2. The summed E-state index contributed by atoms with van der Waals surface area (Å²) in [6, 6.07) is 7.55. The Balaban J connectivity index is 2.30. The zero-order valence-electron chi connectivity index (χ0n) is 10.6. The molecule has 0 bridgehead atoms. The monoisotopic (exact) mass is 268 g/mol. The molecule has 5 heteroatoms. The van der Waals surface area contributed by atoms with Gasteiger partial charge in [-0.25, -0.2) is 8.42 Å². The SMILES string of the molecule is Cc1ccc(C(NN)C2CCCCS2(=O)=O)cc1. The van der Waals surface area contributed by atoms with Gasteiger partial charge in [0, 0.05) is 0 Å². The second-order valence-corrected chi connectivity index (χ2v) is 7.30. The van der Waals surface area contributed by atoms with Crippen molar-refractivity contribution in [3.8, 4) is 0 Å². The van der Waals surface area contributed by atoms with Gasteiger partial charge in [0.1, 0.15) is 0 Å². The lowest BCUT2D eigenvalue weighted by Gasteiger charge is -2.30. The van der Waals surface area contributed by atoms with E-state index in [1.54, 1.807) is 0 Å². The van der Waals surface area contributed by atoms with E-state index in [0.29, 0.717) is 6.42 Å². The molecule has 2 rings (SSSR count). The summed E-state index contributed by atoms with van der Waals surface area (Å²) in [7, 11) is -3.04. The number of sulfone groups is 1. The number of hydrogen-bond acceptors (Lipinski definition) is 4. The quantitative estimate of drug-likeness (QED) is 0.643. The highest BCUT2D eigenvalue weighted by Gasteiger charge is 2.35. The Bertz CT molecular complexity index is 496. The maximum Gasteiger partial charge on any atom is 0.155 e. The van der Waals surface area contributed by atoms with Crippen LogP contribution in [0.2, 0.25) is 0 Å². The van der Waals surface area contributed by atoms with Gasteiger partial charge in [-0.1, -0.05) is 36.2 Å². The van der Waals surface area contributed by atoms with Gasteiger partial charge in [0.05, 0.1) is 17.0 Å².